The van der Waals surface area contributed by atoms with Gasteiger partial charge in [0.25, 0.3) is 0 Å². The second-order valence-electron chi connectivity index (χ2n) is 6.02. The van der Waals surface area contributed by atoms with Gasteiger partial charge in [0.05, 0.1) is 0 Å². The quantitative estimate of drug-likeness (QED) is 0.860. The lowest BCUT2D eigenvalue weighted by molar-refractivity contribution is -0.00461. The van der Waals surface area contributed by atoms with Gasteiger partial charge in [-0.3, -0.25) is 0 Å². The number of anilines is 1. The zero-order chi connectivity index (χ0) is 14.8. The largest absolute Gasteiger partial charge is 0.377 e. The second-order valence-corrected chi connectivity index (χ2v) is 6.02. The van der Waals surface area contributed by atoms with E-state index in [0.29, 0.717) is 0 Å². The van der Waals surface area contributed by atoms with E-state index in [1.807, 2.05) is 0 Å². The number of methoxy groups -OCH3 is 2. The molecular formula is C16H25N3O2. The Morgan fingerprint density at radius 2 is 1.86 bits per heavy atom. The Morgan fingerprint density at radius 1 is 1.19 bits per heavy atom. The van der Waals surface area contributed by atoms with E-state index in [9.17, 15) is 0 Å². The molecule has 1 aliphatic carbocycles. The highest BCUT2D eigenvalue weighted by atomic mass is 16.5. The highest BCUT2D eigenvalue weighted by Crippen LogP contribution is 2.24. The maximum Gasteiger partial charge on any atom is 0.128 e. The van der Waals surface area contributed by atoms with E-state index in [4.69, 9.17) is 14.5 Å². The molecule has 0 spiro atoms. The first-order valence-electron chi connectivity index (χ1n) is 7.71. The summed E-state index contributed by atoms with van der Waals surface area (Å²) in [6.45, 7) is 4.68. The average molecular weight is 291 g/mol. The van der Waals surface area contributed by atoms with Gasteiger partial charge in [-0.05, 0) is 31.4 Å². The fourth-order valence-electron chi connectivity index (χ4n) is 2.87. The SMILES string of the molecule is COC1CN(c2ccc(CNC3CC3)c(C)n2)CC1OC. The third-order valence-electron chi connectivity index (χ3n) is 4.48. The first kappa shape index (κ1) is 14.8. The van der Waals surface area contributed by atoms with Crippen LogP contribution in [-0.4, -0.2) is 50.5 Å². The molecule has 1 aliphatic heterocycles. The lowest BCUT2D eigenvalue weighted by atomic mass is 10.2. The molecule has 116 valence electrons. The number of rotatable bonds is 6. The standard InChI is InChI=1S/C16H25N3O2/c1-11-12(8-17-13-5-6-13)4-7-16(18-11)19-9-14(20-2)15(10-19)21-3/h4,7,13-15,17H,5-6,8-10H2,1-3H3. The molecule has 2 aliphatic rings. The molecule has 0 amide bonds. The van der Waals surface area contributed by atoms with Gasteiger partial charge in [0.2, 0.25) is 0 Å². The first-order valence-corrected chi connectivity index (χ1v) is 7.71. The Morgan fingerprint density at radius 3 is 2.38 bits per heavy atom. The highest BCUT2D eigenvalue weighted by Gasteiger charge is 2.33. The van der Waals surface area contributed by atoms with Gasteiger partial charge in [-0.1, -0.05) is 6.07 Å². The molecule has 2 atom stereocenters. The van der Waals surface area contributed by atoms with Crippen LogP contribution in [0.4, 0.5) is 5.82 Å². The topological polar surface area (TPSA) is 46.6 Å². The molecular weight excluding hydrogens is 266 g/mol. The summed E-state index contributed by atoms with van der Waals surface area (Å²) in [5, 5.41) is 3.54. The Labute approximate surface area is 126 Å². The van der Waals surface area contributed by atoms with Crippen molar-refractivity contribution in [2.75, 3.05) is 32.2 Å². The summed E-state index contributed by atoms with van der Waals surface area (Å²) in [4.78, 5) is 7.01. The van der Waals surface area contributed by atoms with Crippen molar-refractivity contribution in [3.05, 3.63) is 23.4 Å². The molecule has 0 bridgehead atoms. The molecule has 2 heterocycles. The minimum atomic E-state index is 0.119. The highest BCUT2D eigenvalue weighted by molar-refractivity contribution is 5.43. The number of ether oxygens (including phenoxy) is 2. The van der Waals surface area contributed by atoms with E-state index in [2.05, 4.69) is 29.3 Å². The van der Waals surface area contributed by atoms with E-state index < -0.39 is 0 Å². The Bertz CT molecular complexity index is 478. The van der Waals surface area contributed by atoms with Gasteiger partial charge in [-0.15, -0.1) is 0 Å². The molecule has 1 N–H and O–H groups in total. The van der Waals surface area contributed by atoms with E-state index in [1.54, 1.807) is 14.2 Å². The van der Waals surface area contributed by atoms with E-state index >= 15 is 0 Å². The van der Waals surface area contributed by atoms with Crippen LogP contribution in [0.1, 0.15) is 24.1 Å². The molecule has 2 unspecified atom stereocenters. The third kappa shape index (κ3) is 3.36. The lowest BCUT2D eigenvalue weighted by Gasteiger charge is -2.18. The van der Waals surface area contributed by atoms with Gasteiger partial charge in [0, 0.05) is 45.6 Å². The Kier molecular flexibility index (Phi) is 4.42. The van der Waals surface area contributed by atoms with Gasteiger partial charge in [-0.25, -0.2) is 4.98 Å². The van der Waals surface area contributed by atoms with Crippen molar-refractivity contribution in [3.63, 3.8) is 0 Å². The fourth-order valence-corrected chi connectivity index (χ4v) is 2.87. The van der Waals surface area contributed by atoms with Gasteiger partial charge in [0.15, 0.2) is 0 Å². The maximum absolute atomic E-state index is 5.49. The normalized spacial score (nSPS) is 25.6. The molecule has 0 radical (unpaired) electrons. The molecule has 3 rings (SSSR count). The molecule has 1 aromatic heterocycles. The van der Waals surface area contributed by atoms with Crippen LogP contribution in [0.25, 0.3) is 0 Å². The summed E-state index contributed by atoms with van der Waals surface area (Å²) in [6.07, 6.45) is 2.87. The molecule has 2 fully saturated rings. The van der Waals surface area contributed by atoms with Crippen molar-refractivity contribution in [1.82, 2.24) is 10.3 Å². The summed E-state index contributed by atoms with van der Waals surface area (Å²) in [5.41, 5.74) is 2.40. The molecule has 1 aromatic rings. The number of aryl methyl sites for hydroxylation is 1. The minimum Gasteiger partial charge on any atom is -0.377 e. The molecule has 5 nitrogen and oxygen atoms in total. The van der Waals surface area contributed by atoms with Crippen molar-refractivity contribution < 1.29 is 9.47 Å². The van der Waals surface area contributed by atoms with Crippen molar-refractivity contribution in [2.45, 2.75) is 44.6 Å². The van der Waals surface area contributed by atoms with Crippen molar-refractivity contribution in [2.24, 2.45) is 0 Å². The van der Waals surface area contributed by atoms with Crippen LogP contribution in [0.3, 0.4) is 0 Å². The third-order valence-corrected chi connectivity index (χ3v) is 4.48. The van der Waals surface area contributed by atoms with Gasteiger partial charge < -0.3 is 19.7 Å². The predicted octanol–water partition coefficient (Wildman–Crippen LogP) is 1.49. The van der Waals surface area contributed by atoms with E-state index in [1.165, 1.54) is 18.4 Å². The minimum absolute atomic E-state index is 0.119. The fraction of sp³-hybridized carbons (Fsp3) is 0.688. The number of nitrogens with one attached hydrogen (secondary N) is 1. The van der Waals surface area contributed by atoms with Crippen molar-refractivity contribution in [3.8, 4) is 0 Å². The maximum atomic E-state index is 5.49. The van der Waals surface area contributed by atoms with Crippen LogP contribution in [0.2, 0.25) is 0 Å². The second kappa shape index (κ2) is 6.30. The lowest BCUT2D eigenvalue weighted by Crippen LogP contribution is -2.27. The van der Waals surface area contributed by atoms with Crippen LogP contribution < -0.4 is 10.2 Å². The Hall–Kier alpha value is -1.17. The number of hydrogen-bond acceptors (Lipinski definition) is 5. The summed E-state index contributed by atoms with van der Waals surface area (Å²) in [5.74, 6) is 1.02. The van der Waals surface area contributed by atoms with Crippen molar-refractivity contribution in [1.29, 1.82) is 0 Å². The smallest absolute Gasteiger partial charge is 0.128 e. The van der Waals surface area contributed by atoms with Gasteiger partial charge in [-0.2, -0.15) is 0 Å². The van der Waals surface area contributed by atoms with Crippen molar-refractivity contribution >= 4 is 5.82 Å². The monoisotopic (exact) mass is 291 g/mol. The van der Waals surface area contributed by atoms with E-state index in [-0.39, 0.29) is 12.2 Å². The van der Waals surface area contributed by atoms with E-state index in [0.717, 1.165) is 37.2 Å². The van der Waals surface area contributed by atoms with Crippen LogP contribution >= 0.6 is 0 Å². The van der Waals surface area contributed by atoms with Crippen LogP contribution in [-0.2, 0) is 16.0 Å². The van der Waals surface area contributed by atoms with Gasteiger partial charge in [0.1, 0.15) is 18.0 Å². The number of aromatic nitrogens is 1. The number of nitrogens with zero attached hydrogens (tertiary/aromatic N) is 2. The summed E-state index contributed by atoms with van der Waals surface area (Å²) >= 11 is 0. The number of pyridine rings is 1. The van der Waals surface area contributed by atoms with Gasteiger partial charge >= 0.3 is 0 Å². The predicted molar refractivity (Wildman–Crippen MR) is 82.6 cm³/mol. The average Bonchev–Trinajstić information content (AvgIpc) is 3.23. The molecule has 1 saturated carbocycles. The summed E-state index contributed by atoms with van der Waals surface area (Å²) < 4.78 is 11.0. The first-order chi connectivity index (χ1) is 10.2. The molecule has 1 saturated heterocycles. The number of hydrogen-bond donors (Lipinski definition) is 1. The van der Waals surface area contributed by atoms with Crippen LogP contribution in [0.5, 0.6) is 0 Å². The molecule has 21 heavy (non-hydrogen) atoms. The zero-order valence-corrected chi connectivity index (χ0v) is 13.1. The summed E-state index contributed by atoms with van der Waals surface area (Å²) in [7, 11) is 3.48. The Balaban J connectivity index is 1.66. The van der Waals surface area contributed by atoms with Crippen LogP contribution in [0, 0.1) is 6.92 Å². The summed E-state index contributed by atoms with van der Waals surface area (Å²) in [6, 6.07) is 5.03. The molecule has 0 aromatic carbocycles. The molecule has 5 heteroatoms. The van der Waals surface area contributed by atoms with Crippen LogP contribution in [0.15, 0.2) is 12.1 Å². The zero-order valence-electron chi connectivity index (χ0n) is 13.1.